The summed E-state index contributed by atoms with van der Waals surface area (Å²) in [6.07, 6.45) is 0.266. The van der Waals surface area contributed by atoms with Gasteiger partial charge in [0.25, 0.3) is 0 Å². The van der Waals surface area contributed by atoms with Crippen LogP contribution in [0.1, 0.15) is 11.1 Å². The molecule has 0 saturated carbocycles. The molecule has 0 radical (unpaired) electrons. The average Bonchev–Trinajstić information content (AvgIpc) is 2.79. The van der Waals surface area contributed by atoms with E-state index in [0.717, 1.165) is 11.1 Å². The smallest absolute Gasteiger partial charge is 0.244 e. The normalized spacial score (nSPS) is 16.4. The van der Waals surface area contributed by atoms with Crippen molar-refractivity contribution in [1.29, 1.82) is 0 Å². The van der Waals surface area contributed by atoms with Crippen molar-refractivity contribution in [3.8, 4) is 5.75 Å². The van der Waals surface area contributed by atoms with Gasteiger partial charge >= 0.3 is 0 Å². The summed E-state index contributed by atoms with van der Waals surface area (Å²) in [6.45, 7) is 0.102. The molecule has 1 heterocycles. The molecule has 3 aromatic rings. The van der Waals surface area contributed by atoms with Crippen molar-refractivity contribution in [1.82, 2.24) is 4.31 Å². The number of hydrogen-bond donors (Lipinski definition) is 1. The zero-order valence-corrected chi connectivity index (χ0v) is 18.4. The largest absolute Gasteiger partial charge is 0.497 e. The minimum absolute atomic E-state index is 0.100. The molecule has 0 saturated heterocycles. The van der Waals surface area contributed by atoms with Crippen LogP contribution < -0.4 is 10.1 Å². The number of halogens is 1. The first-order valence-corrected chi connectivity index (χ1v) is 11.5. The summed E-state index contributed by atoms with van der Waals surface area (Å²) < 4.78 is 33.4. The second-order valence-corrected chi connectivity index (χ2v) is 9.48. The third-order valence-electron chi connectivity index (χ3n) is 5.31. The number of carbonyl (C=O) groups is 1. The van der Waals surface area contributed by atoms with Crippen molar-refractivity contribution < 1.29 is 17.9 Å². The summed E-state index contributed by atoms with van der Waals surface area (Å²) >= 11 is 6.18. The number of amides is 1. The highest BCUT2D eigenvalue weighted by molar-refractivity contribution is 7.89. The van der Waals surface area contributed by atoms with Gasteiger partial charge in [-0.05, 0) is 53.9 Å². The number of nitrogens with zero attached hydrogens (tertiary/aromatic N) is 1. The molecule has 8 heteroatoms. The van der Waals surface area contributed by atoms with E-state index in [2.05, 4.69) is 5.32 Å². The van der Waals surface area contributed by atoms with Gasteiger partial charge in [0.15, 0.2) is 0 Å². The van der Waals surface area contributed by atoms with E-state index in [4.69, 9.17) is 16.3 Å². The van der Waals surface area contributed by atoms with Crippen LogP contribution in [0, 0.1) is 0 Å². The van der Waals surface area contributed by atoms with Crippen molar-refractivity contribution in [3.05, 3.63) is 88.9 Å². The summed E-state index contributed by atoms with van der Waals surface area (Å²) in [5, 5.41) is 3.17. The molecule has 3 aromatic carbocycles. The number of anilines is 1. The standard InChI is InChI=1S/C23H21ClN2O4S/c1-30-18-10-12-19(13-11-18)31(28,29)26-15-17-7-3-2-6-16(17)14-22(26)23(27)25-21-9-5-4-8-20(21)24/h2-13,22H,14-15H2,1H3,(H,25,27)/t22-/m0/s1. The molecular formula is C23H21ClN2O4S. The van der Waals surface area contributed by atoms with Crippen molar-refractivity contribution in [2.45, 2.75) is 23.9 Å². The Morgan fingerprint density at radius 2 is 1.65 bits per heavy atom. The van der Waals surface area contributed by atoms with Crippen LogP contribution in [-0.2, 0) is 27.8 Å². The van der Waals surface area contributed by atoms with E-state index in [0.29, 0.717) is 16.5 Å². The predicted octanol–water partition coefficient (Wildman–Crippen LogP) is 4.10. The summed E-state index contributed by atoms with van der Waals surface area (Å²) in [5.41, 5.74) is 2.26. The zero-order chi connectivity index (χ0) is 22.0. The molecule has 6 nitrogen and oxygen atoms in total. The lowest BCUT2D eigenvalue weighted by Crippen LogP contribution is -2.50. The molecule has 0 fully saturated rings. The Bertz CT molecular complexity index is 1210. The number of benzene rings is 3. The fourth-order valence-electron chi connectivity index (χ4n) is 3.64. The number of fused-ring (bicyclic) bond motifs is 1. The molecule has 0 aromatic heterocycles. The Balaban J connectivity index is 1.71. The first-order valence-electron chi connectivity index (χ1n) is 9.68. The van der Waals surface area contributed by atoms with Gasteiger partial charge in [-0.2, -0.15) is 4.31 Å². The quantitative estimate of drug-likeness (QED) is 0.627. The van der Waals surface area contributed by atoms with Crippen LogP contribution in [0.5, 0.6) is 5.75 Å². The van der Waals surface area contributed by atoms with Gasteiger partial charge in [-0.15, -0.1) is 0 Å². The van der Waals surface area contributed by atoms with Crippen molar-refractivity contribution in [2.24, 2.45) is 0 Å². The molecule has 1 aliphatic heterocycles. The monoisotopic (exact) mass is 456 g/mol. The number of methoxy groups -OCH3 is 1. The van der Waals surface area contributed by atoms with Crippen LogP contribution in [0.15, 0.2) is 77.7 Å². The van der Waals surface area contributed by atoms with Crippen LogP contribution >= 0.6 is 11.6 Å². The number of hydrogen-bond acceptors (Lipinski definition) is 4. The lowest BCUT2D eigenvalue weighted by Gasteiger charge is -2.35. The van der Waals surface area contributed by atoms with Crippen LogP contribution in [0.2, 0.25) is 5.02 Å². The number of nitrogens with one attached hydrogen (secondary N) is 1. The Morgan fingerprint density at radius 3 is 2.32 bits per heavy atom. The SMILES string of the molecule is COc1ccc(S(=O)(=O)N2Cc3ccccc3C[C@H]2C(=O)Nc2ccccc2Cl)cc1. The highest BCUT2D eigenvalue weighted by atomic mass is 35.5. The van der Waals surface area contributed by atoms with Gasteiger partial charge in [-0.3, -0.25) is 4.79 Å². The van der Waals surface area contributed by atoms with E-state index in [1.165, 1.54) is 23.5 Å². The third-order valence-corrected chi connectivity index (χ3v) is 7.50. The van der Waals surface area contributed by atoms with Crippen molar-refractivity contribution in [3.63, 3.8) is 0 Å². The lowest BCUT2D eigenvalue weighted by molar-refractivity contribution is -0.120. The second-order valence-electron chi connectivity index (χ2n) is 7.18. The zero-order valence-electron chi connectivity index (χ0n) is 16.8. The first kappa shape index (κ1) is 21.4. The number of carbonyl (C=O) groups excluding carboxylic acids is 1. The van der Waals surface area contributed by atoms with E-state index in [9.17, 15) is 13.2 Å². The summed E-state index contributed by atoms with van der Waals surface area (Å²) in [4.78, 5) is 13.3. The number of sulfonamides is 1. The molecule has 160 valence electrons. The van der Waals surface area contributed by atoms with Crippen LogP contribution in [-0.4, -0.2) is 31.8 Å². The minimum Gasteiger partial charge on any atom is -0.497 e. The van der Waals surface area contributed by atoms with Gasteiger partial charge in [0, 0.05) is 6.54 Å². The van der Waals surface area contributed by atoms with E-state index < -0.39 is 22.0 Å². The lowest BCUT2D eigenvalue weighted by atomic mass is 9.95. The van der Waals surface area contributed by atoms with Gasteiger partial charge in [-0.25, -0.2) is 8.42 Å². The molecule has 4 rings (SSSR count). The minimum atomic E-state index is -3.94. The van der Waals surface area contributed by atoms with E-state index in [1.54, 1.807) is 36.4 Å². The highest BCUT2D eigenvalue weighted by Crippen LogP contribution is 2.31. The number of rotatable bonds is 5. The number of para-hydroxylation sites is 1. The number of ether oxygens (including phenoxy) is 1. The van der Waals surface area contributed by atoms with E-state index >= 15 is 0 Å². The Labute approximate surface area is 186 Å². The molecule has 1 amide bonds. The molecule has 0 unspecified atom stereocenters. The highest BCUT2D eigenvalue weighted by Gasteiger charge is 2.39. The fraction of sp³-hybridized carbons (Fsp3) is 0.174. The van der Waals surface area contributed by atoms with Crippen molar-refractivity contribution in [2.75, 3.05) is 12.4 Å². The molecule has 1 atom stereocenters. The molecule has 31 heavy (non-hydrogen) atoms. The summed E-state index contributed by atoms with van der Waals surface area (Å²) in [7, 11) is -2.43. The van der Waals surface area contributed by atoms with Gasteiger partial charge in [0.05, 0.1) is 22.7 Å². The van der Waals surface area contributed by atoms with Gasteiger partial charge < -0.3 is 10.1 Å². The van der Waals surface area contributed by atoms with Crippen LogP contribution in [0.4, 0.5) is 5.69 Å². The van der Waals surface area contributed by atoms with Crippen LogP contribution in [0.3, 0.4) is 0 Å². The van der Waals surface area contributed by atoms with E-state index in [1.807, 2.05) is 24.3 Å². The average molecular weight is 457 g/mol. The Morgan fingerprint density at radius 1 is 1.00 bits per heavy atom. The van der Waals surface area contributed by atoms with Gasteiger partial charge in [0.2, 0.25) is 15.9 Å². The van der Waals surface area contributed by atoms with Crippen molar-refractivity contribution >= 4 is 33.2 Å². The molecule has 0 spiro atoms. The summed E-state index contributed by atoms with van der Waals surface area (Å²) in [5.74, 6) is 0.121. The van der Waals surface area contributed by atoms with Crippen LogP contribution in [0.25, 0.3) is 0 Å². The topological polar surface area (TPSA) is 75.7 Å². The second kappa shape index (κ2) is 8.70. The first-order chi connectivity index (χ1) is 14.9. The van der Waals surface area contributed by atoms with E-state index in [-0.39, 0.29) is 17.9 Å². The predicted molar refractivity (Wildman–Crippen MR) is 120 cm³/mol. The maximum Gasteiger partial charge on any atom is 0.244 e. The maximum absolute atomic E-state index is 13.5. The molecule has 1 N–H and O–H groups in total. The Kier molecular flexibility index (Phi) is 6.00. The van der Waals surface area contributed by atoms with Gasteiger partial charge in [-0.1, -0.05) is 48.0 Å². The molecule has 0 bridgehead atoms. The maximum atomic E-state index is 13.5. The molecule has 1 aliphatic rings. The third kappa shape index (κ3) is 4.30. The Hall–Kier alpha value is -2.87. The molecule has 0 aliphatic carbocycles. The fourth-order valence-corrected chi connectivity index (χ4v) is 5.38. The summed E-state index contributed by atoms with van der Waals surface area (Å²) in [6, 6.07) is 19.6. The molecular weight excluding hydrogens is 436 g/mol. The van der Waals surface area contributed by atoms with Gasteiger partial charge in [0.1, 0.15) is 11.8 Å².